The number of imide groups is 1. The summed E-state index contributed by atoms with van der Waals surface area (Å²) in [6.07, 6.45) is 5.47. The number of fused-ring (bicyclic) bond motifs is 1. The first-order chi connectivity index (χ1) is 34.1. The van der Waals surface area contributed by atoms with Crippen LogP contribution in [-0.2, 0) is 13.1 Å². The van der Waals surface area contributed by atoms with Crippen molar-refractivity contribution in [1.82, 2.24) is 39.1 Å². The maximum atomic E-state index is 13.0. The van der Waals surface area contributed by atoms with Crippen molar-refractivity contribution in [2.75, 3.05) is 26.2 Å². The monoisotopic (exact) mass is 970 g/mol. The molecular weight excluding hydrogens is 908 g/mol. The van der Waals surface area contributed by atoms with Gasteiger partial charge in [0.2, 0.25) is 0 Å². The first-order valence-electron chi connectivity index (χ1n) is 24.4. The van der Waals surface area contributed by atoms with Crippen LogP contribution in [0.4, 0.5) is 9.59 Å². The standard InChI is InChI=1S/C33H33ClN4O3.C25H30N4O/c1-33(2,3)28(37(32(34)41)19-12-20-38-30(39)25-17-10-11-18-26(25)31(38)40)29-35-27(24-15-8-5-9-16-24)22-36(29)21-23-13-6-4-7-14-23;1-25(2,3)22(29-16-10-15-26-24(29)30)23-27-21(20-13-8-5-9-14-20)18-28(23)17-19-11-6-4-7-12-19/h4-11,13-18,22,28H,12,19-21H2,1-3H3;4-9,11-14,18,22H,10,15-17H2,1-3H3,(H,26,30)/t28-;22-/m00/s1. The second-order valence-corrected chi connectivity index (χ2v) is 20.7. The minimum atomic E-state index is -0.609. The Morgan fingerprint density at radius 1 is 0.634 bits per heavy atom. The van der Waals surface area contributed by atoms with Gasteiger partial charge in [-0.2, -0.15) is 0 Å². The van der Waals surface area contributed by atoms with Gasteiger partial charge in [-0.1, -0.05) is 175 Å². The molecule has 366 valence electrons. The molecule has 7 aromatic rings. The van der Waals surface area contributed by atoms with E-state index in [4.69, 9.17) is 21.6 Å². The lowest BCUT2D eigenvalue weighted by Gasteiger charge is -2.41. The molecule has 0 radical (unpaired) electrons. The van der Waals surface area contributed by atoms with Crippen molar-refractivity contribution >= 4 is 34.8 Å². The highest BCUT2D eigenvalue weighted by Gasteiger charge is 2.41. The van der Waals surface area contributed by atoms with Gasteiger partial charge in [-0.3, -0.25) is 19.3 Å². The van der Waals surface area contributed by atoms with Gasteiger partial charge in [-0.15, -0.1) is 0 Å². The number of halogens is 1. The van der Waals surface area contributed by atoms with Crippen molar-refractivity contribution in [3.05, 3.63) is 192 Å². The first-order valence-corrected chi connectivity index (χ1v) is 24.7. The predicted octanol–water partition coefficient (Wildman–Crippen LogP) is 12.1. The second-order valence-electron chi connectivity index (χ2n) is 20.4. The van der Waals surface area contributed by atoms with Crippen molar-refractivity contribution in [1.29, 1.82) is 0 Å². The Kier molecular flexibility index (Phi) is 15.4. The van der Waals surface area contributed by atoms with E-state index in [0.717, 1.165) is 65.8 Å². The fourth-order valence-electron chi connectivity index (χ4n) is 9.65. The Labute approximate surface area is 422 Å². The van der Waals surface area contributed by atoms with Crippen molar-refractivity contribution in [2.45, 2.75) is 79.6 Å². The number of urea groups is 1. The van der Waals surface area contributed by atoms with Gasteiger partial charge in [0.05, 0.1) is 34.6 Å². The molecule has 0 unspecified atom stereocenters. The molecule has 2 aliphatic rings. The minimum Gasteiger partial charge on any atom is -0.338 e. The highest BCUT2D eigenvalue weighted by molar-refractivity contribution is 6.62. The van der Waals surface area contributed by atoms with E-state index >= 15 is 0 Å². The van der Waals surface area contributed by atoms with E-state index in [1.807, 2.05) is 83.9 Å². The van der Waals surface area contributed by atoms with E-state index in [0.29, 0.717) is 24.1 Å². The van der Waals surface area contributed by atoms with Crippen LogP contribution in [-0.4, -0.2) is 83.2 Å². The van der Waals surface area contributed by atoms with Crippen LogP contribution >= 0.6 is 11.6 Å². The lowest BCUT2D eigenvalue weighted by Crippen LogP contribution is -2.51. The van der Waals surface area contributed by atoms with Crippen LogP contribution in [0.2, 0.25) is 0 Å². The number of hydrogen-bond acceptors (Lipinski definition) is 6. The van der Waals surface area contributed by atoms with E-state index < -0.39 is 16.8 Å². The van der Waals surface area contributed by atoms with Crippen LogP contribution in [0.3, 0.4) is 0 Å². The van der Waals surface area contributed by atoms with Crippen molar-refractivity contribution < 1.29 is 19.2 Å². The quantitative estimate of drug-likeness (QED) is 0.0657. The Morgan fingerprint density at radius 3 is 1.54 bits per heavy atom. The Bertz CT molecular complexity index is 2910. The molecule has 2 aromatic heterocycles. The number of imidazole rings is 2. The Balaban J connectivity index is 0.000000200. The summed E-state index contributed by atoms with van der Waals surface area (Å²) in [5.41, 5.74) is 6.34. The van der Waals surface area contributed by atoms with Crippen LogP contribution in [0, 0.1) is 10.8 Å². The van der Waals surface area contributed by atoms with Crippen LogP contribution in [0.15, 0.2) is 158 Å². The first kappa shape index (κ1) is 50.1. The molecule has 4 heterocycles. The molecule has 5 amide bonds. The molecule has 1 saturated heterocycles. The molecule has 0 bridgehead atoms. The van der Waals surface area contributed by atoms with Crippen LogP contribution in [0.25, 0.3) is 22.5 Å². The molecule has 12 nitrogen and oxygen atoms in total. The van der Waals surface area contributed by atoms with Gasteiger partial charge in [0.15, 0.2) is 0 Å². The molecule has 71 heavy (non-hydrogen) atoms. The molecule has 9 rings (SSSR count). The van der Waals surface area contributed by atoms with Gasteiger partial charge in [-0.05, 0) is 58.5 Å². The number of nitrogens with zero attached hydrogens (tertiary/aromatic N) is 7. The molecule has 2 atom stereocenters. The van der Waals surface area contributed by atoms with Crippen LogP contribution in [0.1, 0.15) is 110 Å². The predicted molar refractivity (Wildman–Crippen MR) is 280 cm³/mol. The maximum absolute atomic E-state index is 13.0. The third kappa shape index (κ3) is 11.7. The zero-order valence-electron chi connectivity index (χ0n) is 41.5. The lowest BCUT2D eigenvalue weighted by atomic mass is 9.84. The Hall–Kier alpha value is -7.31. The van der Waals surface area contributed by atoms with Crippen molar-refractivity contribution in [3.8, 4) is 22.5 Å². The fraction of sp³-hybridized carbons (Fsp3) is 0.310. The van der Waals surface area contributed by atoms with Gasteiger partial charge >= 0.3 is 11.4 Å². The second kappa shape index (κ2) is 21.8. The summed E-state index contributed by atoms with van der Waals surface area (Å²) >= 11 is 6.26. The number of rotatable bonds is 14. The number of carbonyl (C=O) groups is 4. The van der Waals surface area contributed by atoms with Gasteiger partial charge < -0.3 is 24.3 Å². The number of nitrogens with one attached hydrogen (secondary N) is 1. The molecule has 1 fully saturated rings. The van der Waals surface area contributed by atoms with Gasteiger partial charge in [0.25, 0.3) is 11.8 Å². The van der Waals surface area contributed by atoms with Gasteiger partial charge in [-0.25, -0.2) is 14.8 Å². The molecular formula is C58H63ClN8O4. The summed E-state index contributed by atoms with van der Waals surface area (Å²) in [4.78, 5) is 66.5. The van der Waals surface area contributed by atoms with E-state index in [1.165, 1.54) is 10.5 Å². The summed E-state index contributed by atoms with van der Waals surface area (Å²) < 4.78 is 4.31. The van der Waals surface area contributed by atoms with E-state index in [-0.39, 0.29) is 42.4 Å². The van der Waals surface area contributed by atoms with Crippen molar-refractivity contribution in [2.24, 2.45) is 10.8 Å². The highest BCUT2D eigenvalue weighted by Crippen LogP contribution is 2.41. The number of carbonyl (C=O) groups excluding carboxylic acids is 4. The fourth-order valence-corrected chi connectivity index (χ4v) is 9.83. The topological polar surface area (TPSA) is 126 Å². The smallest absolute Gasteiger partial charge is 0.318 e. The zero-order chi connectivity index (χ0) is 50.3. The summed E-state index contributed by atoms with van der Waals surface area (Å²) in [6, 6.07) is 46.9. The molecule has 2 aliphatic heterocycles. The summed E-state index contributed by atoms with van der Waals surface area (Å²) in [6.45, 7) is 15.9. The van der Waals surface area contributed by atoms with E-state index in [2.05, 4.69) is 111 Å². The normalized spacial score (nSPS) is 14.6. The molecule has 5 aromatic carbocycles. The SMILES string of the molecule is CC(C)(C)[C@H](c1nc(-c2ccccc2)cn1Cc1ccccc1)N(CCCN1C(=O)c2ccccc2C1=O)C(=O)Cl.CC(C)(C)[C@H](c1nc(-c2ccccc2)cn1Cc1ccccc1)N1CCCNC1=O. The number of hydrogen-bond donors (Lipinski definition) is 1. The largest absolute Gasteiger partial charge is 0.338 e. The third-order valence-electron chi connectivity index (χ3n) is 12.9. The highest BCUT2D eigenvalue weighted by atomic mass is 35.5. The molecule has 0 aliphatic carbocycles. The summed E-state index contributed by atoms with van der Waals surface area (Å²) in [7, 11) is 0. The number of aromatic nitrogens is 4. The molecule has 1 N–H and O–H groups in total. The lowest BCUT2D eigenvalue weighted by molar-refractivity contribution is 0.0640. The minimum absolute atomic E-state index is 0.00306. The number of benzene rings is 5. The molecule has 0 saturated carbocycles. The van der Waals surface area contributed by atoms with E-state index in [9.17, 15) is 19.2 Å². The van der Waals surface area contributed by atoms with Gasteiger partial charge in [0.1, 0.15) is 11.6 Å². The van der Waals surface area contributed by atoms with Crippen molar-refractivity contribution in [3.63, 3.8) is 0 Å². The zero-order valence-corrected chi connectivity index (χ0v) is 42.2. The maximum Gasteiger partial charge on any atom is 0.318 e. The molecule has 0 spiro atoms. The average molecular weight is 972 g/mol. The van der Waals surface area contributed by atoms with E-state index in [1.54, 1.807) is 29.2 Å². The summed E-state index contributed by atoms with van der Waals surface area (Å²) in [5, 5.41) is 2.40. The Morgan fingerprint density at radius 2 is 1.08 bits per heavy atom. The number of amides is 5. The average Bonchev–Trinajstić information content (AvgIpc) is 4.03. The molecule has 13 heteroatoms. The van der Waals surface area contributed by atoms with Crippen LogP contribution in [0.5, 0.6) is 0 Å². The third-order valence-corrected chi connectivity index (χ3v) is 13.1. The van der Waals surface area contributed by atoms with Gasteiger partial charge in [0, 0.05) is 62.8 Å². The van der Waals surface area contributed by atoms with Crippen LogP contribution < -0.4 is 5.32 Å². The summed E-state index contributed by atoms with van der Waals surface area (Å²) in [5.74, 6) is 1.03.